The second kappa shape index (κ2) is 6.54. The lowest BCUT2D eigenvalue weighted by molar-refractivity contribution is -0.141. The predicted octanol–water partition coefficient (Wildman–Crippen LogP) is 0.495. The van der Waals surface area contributed by atoms with E-state index in [9.17, 15) is 9.59 Å². The molecule has 0 bridgehead atoms. The van der Waals surface area contributed by atoms with Crippen molar-refractivity contribution in [1.29, 1.82) is 0 Å². The Kier molecular flexibility index (Phi) is 6.05. The van der Waals surface area contributed by atoms with Crippen LogP contribution in [0.3, 0.4) is 0 Å². The standard InChI is InChI=1S/C8H13NO3S/c1-3-4-6(8(11)12)9-7(10)5-13-2/h3,6H,1,4-5H2,2H3,(H,9,10)(H,11,12). The summed E-state index contributed by atoms with van der Waals surface area (Å²) in [5.74, 6) is -1.02. The number of carbonyl (C=O) groups excluding carboxylic acids is 1. The number of carboxylic acids is 1. The summed E-state index contributed by atoms with van der Waals surface area (Å²) < 4.78 is 0. The van der Waals surface area contributed by atoms with Crippen molar-refractivity contribution < 1.29 is 14.7 Å². The summed E-state index contributed by atoms with van der Waals surface area (Å²) in [5, 5.41) is 11.0. The van der Waals surface area contributed by atoms with E-state index in [1.165, 1.54) is 17.8 Å². The maximum absolute atomic E-state index is 11.0. The second-order valence-electron chi connectivity index (χ2n) is 2.42. The van der Waals surface area contributed by atoms with Gasteiger partial charge in [-0.3, -0.25) is 4.79 Å². The van der Waals surface area contributed by atoms with Crippen molar-refractivity contribution in [3.8, 4) is 0 Å². The van der Waals surface area contributed by atoms with Crippen molar-refractivity contribution in [1.82, 2.24) is 5.32 Å². The molecule has 2 N–H and O–H groups in total. The average Bonchev–Trinajstić information content (AvgIpc) is 2.04. The first-order chi connectivity index (χ1) is 6.11. The molecule has 0 saturated heterocycles. The van der Waals surface area contributed by atoms with E-state index in [0.717, 1.165) is 0 Å². The Morgan fingerprint density at radius 2 is 2.31 bits per heavy atom. The van der Waals surface area contributed by atoms with Gasteiger partial charge in [0.2, 0.25) is 5.91 Å². The molecule has 0 fully saturated rings. The van der Waals surface area contributed by atoms with Crippen LogP contribution in [-0.4, -0.2) is 35.0 Å². The average molecular weight is 203 g/mol. The van der Waals surface area contributed by atoms with E-state index in [1.807, 2.05) is 0 Å². The molecule has 0 aliphatic carbocycles. The van der Waals surface area contributed by atoms with Gasteiger partial charge in [-0.05, 0) is 12.7 Å². The largest absolute Gasteiger partial charge is 0.480 e. The fourth-order valence-electron chi connectivity index (χ4n) is 0.755. The third-order valence-corrected chi connectivity index (χ3v) is 1.86. The minimum Gasteiger partial charge on any atom is -0.480 e. The lowest BCUT2D eigenvalue weighted by atomic mass is 10.2. The molecule has 0 spiro atoms. The number of carboxylic acid groups (broad SMARTS) is 1. The van der Waals surface area contributed by atoms with Crippen LogP contribution in [0.15, 0.2) is 12.7 Å². The first-order valence-corrected chi connectivity index (χ1v) is 5.13. The number of rotatable bonds is 6. The Morgan fingerprint density at radius 3 is 2.69 bits per heavy atom. The van der Waals surface area contributed by atoms with Crippen LogP contribution in [0.25, 0.3) is 0 Å². The summed E-state index contributed by atoms with van der Waals surface area (Å²) in [4.78, 5) is 21.6. The van der Waals surface area contributed by atoms with Crippen LogP contribution in [0.5, 0.6) is 0 Å². The van der Waals surface area contributed by atoms with Gasteiger partial charge in [0.05, 0.1) is 5.75 Å². The van der Waals surface area contributed by atoms with Crippen LogP contribution < -0.4 is 5.32 Å². The van der Waals surface area contributed by atoms with Gasteiger partial charge in [-0.25, -0.2) is 4.79 Å². The van der Waals surface area contributed by atoms with Crippen molar-refractivity contribution in [3.05, 3.63) is 12.7 Å². The maximum Gasteiger partial charge on any atom is 0.326 e. The summed E-state index contributed by atoms with van der Waals surface area (Å²) in [6.07, 6.45) is 3.50. The van der Waals surface area contributed by atoms with Gasteiger partial charge in [0.15, 0.2) is 0 Å². The van der Waals surface area contributed by atoms with Gasteiger partial charge in [0, 0.05) is 0 Å². The van der Waals surface area contributed by atoms with Gasteiger partial charge in [-0.2, -0.15) is 11.8 Å². The summed E-state index contributed by atoms with van der Waals surface area (Å²) in [5.41, 5.74) is 0. The molecule has 0 radical (unpaired) electrons. The summed E-state index contributed by atoms with van der Waals surface area (Å²) in [6.45, 7) is 3.42. The number of aliphatic carboxylic acids is 1. The number of hydrogen-bond acceptors (Lipinski definition) is 3. The molecule has 0 aliphatic rings. The number of amides is 1. The van der Waals surface area contributed by atoms with Gasteiger partial charge < -0.3 is 10.4 Å². The topological polar surface area (TPSA) is 66.4 Å². The molecule has 5 heteroatoms. The molecule has 0 saturated carbocycles. The van der Waals surface area contributed by atoms with E-state index >= 15 is 0 Å². The van der Waals surface area contributed by atoms with Crippen molar-refractivity contribution in [2.75, 3.05) is 12.0 Å². The molecule has 0 aromatic heterocycles. The van der Waals surface area contributed by atoms with Crippen LogP contribution in [0.2, 0.25) is 0 Å². The number of thioether (sulfide) groups is 1. The zero-order chi connectivity index (χ0) is 10.3. The highest BCUT2D eigenvalue weighted by Crippen LogP contribution is 1.96. The molecule has 1 atom stereocenters. The first-order valence-electron chi connectivity index (χ1n) is 3.73. The minimum atomic E-state index is -1.03. The molecule has 0 aromatic carbocycles. The Morgan fingerprint density at radius 1 is 1.69 bits per heavy atom. The van der Waals surface area contributed by atoms with Crippen LogP contribution >= 0.6 is 11.8 Å². The number of hydrogen-bond donors (Lipinski definition) is 2. The van der Waals surface area contributed by atoms with E-state index in [0.29, 0.717) is 0 Å². The Bertz CT molecular complexity index is 206. The van der Waals surface area contributed by atoms with E-state index in [1.54, 1.807) is 6.26 Å². The van der Waals surface area contributed by atoms with E-state index in [-0.39, 0.29) is 18.1 Å². The summed E-state index contributed by atoms with van der Waals surface area (Å²) in [6, 6.07) is -0.850. The molecule has 1 unspecified atom stereocenters. The van der Waals surface area contributed by atoms with E-state index in [2.05, 4.69) is 11.9 Å². The monoisotopic (exact) mass is 203 g/mol. The zero-order valence-electron chi connectivity index (χ0n) is 7.45. The highest BCUT2D eigenvalue weighted by atomic mass is 32.2. The van der Waals surface area contributed by atoms with Crippen LogP contribution in [0, 0.1) is 0 Å². The molecule has 0 rings (SSSR count). The van der Waals surface area contributed by atoms with E-state index in [4.69, 9.17) is 5.11 Å². The molecule has 0 heterocycles. The van der Waals surface area contributed by atoms with Crippen LogP contribution in [0.1, 0.15) is 6.42 Å². The quantitative estimate of drug-likeness (QED) is 0.617. The smallest absolute Gasteiger partial charge is 0.326 e. The molecular weight excluding hydrogens is 190 g/mol. The molecular formula is C8H13NO3S. The summed E-state index contributed by atoms with van der Waals surface area (Å²) >= 11 is 1.35. The van der Waals surface area contributed by atoms with Gasteiger partial charge >= 0.3 is 5.97 Å². The maximum atomic E-state index is 11.0. The Hall–Kier alpha value is -0.970. The molecule has 74 valence electrons. The fourth-order valence-corrected chi connectivity index (χ4v) is 1.10. The van der Waals surface area contributed by atoms with Gasteiger partial charge in [0.25, 0.3) is 0 Å². The SMILES string of the molecule is C=CCC(NC(=O)CSC)C(=O)O. The van der Waals surface area contributed by atoms with Crippen molar-refractivity contribution in [2.24, 2.45) is 0 Å². The molecule has 0 aliphatic heterocycles. The predicted molar refractivity (Wildman–Crippen MR) is 52.8 cm³/mol. The number of nitrogens with one attached hydrogen (secondary N) is 1. The van der Waals surface area contributed by atoms with Crippen molar-refractivity contribution in [3.63, 3.8) is 0 Å². The van der Waals surface area contributed by atoms with Gasteiger partial charge in [-0.15, -0.1) is 6.58 Å². The van der Waals surface area contributed by atoms with Gasteiger partial charge in [-0.1, -0.05) is 6.08 Å². The lowest BCUT2D eigenvalue weighted by Gasteiger charge is -2.11. The molecule has 0 aromatic rings. The summed E-state index contributed by atoms with van der Waals surface area (Å²) in [7, 11) is 0. The lowest BCUT2D eigenvalue weighted by Crippen LogP contribution is -2.41. The normalized spacial score (nSPS) is 11.8. The number of carbonyl (C=O) groups is 2. The fraction of sp³-hybridized carbons (Fsp3) is 0.500. The zero-order valence-corrected chi connectivity index (χ0v) is 8.26. The first kappa shape index (κ1) is 12.0. The highest BCUT2D eigenvalue weighted by Gasteiger charge is 2.17. The Balaban J connectivity index is 4.01. The third kappa shape index (κ3) is 5.30. The molecule has 1 amide bonds. The van der Waals surface area contributed by atoms with Crippen molar-refractivity contribution in [2.45, 2.75) is 12.5 Å². The molecule has 13 heavy (non-hydrogen) atoms. The van der Waals surface area contributed by atoms with Crippen molar-refractivity contribution >= 4 is 23.6 Å². The van der Waals surface area contributed by atoms with E-state index < -0.39 is 12.0 Å². The van der Waals surface area contributed by atoms with Gasteiger partial charge in [0.1, 0.15) is 6.04 Å². The van der Waals surface area contributed by atoms with Crippen LogP contribution in [-0.2, 0) is 9.59 Å². The Labute approximate surface area is 81.4 Å². The second-order valence-corrected chi connectivity index (χ2v) is 3.28. The third-order valence-electron chi connectivity index (χ3n) is 1.31. The minimum absolute atomic E-state index is 0.245. The van der Waals surface area contributed by atoms with Crippen LogP contribution in [0.4, 0.5) is 0 Å². The molecule has 4 nitrogen and oxygen atoms in total. The highest BCUT2D eigenvalue weighted by molar-refractivity contribution is 7.99.